The largest absolute Gasteiger partial charge is 0.477 e. The Labute approximate surface area is 80.1 Å². The first-order valence-electron chi connectivity index (χ1n) is 3.76. The van der Waals surface area contributed by atoms with Gasteiger partial charge in [0.1, 0.15) is 4.88 Å². The van der Waals surface area contributed by atoms with Crippen LogP contribution < -0.4 is 5.48 Å². The zero-order valence-corrected chi connectivity index (χ0v) is 8.22. The van der Waals surface area contributed by atoms with Crippen LogP contribution in [0.3, 0.4) is 0 Å². The molecular formula is C8H11NO3S. The molecule has 0 fully saturated rings. The molecule has 1 aromatic rings. The fourth-order valence-corrected chi connectivity index (χ4v) is 1.77. The quantitative estimate of drug-likeness (QED) is 0.727. The Morgan fingerprint density at radius 2 is 2.38 bits per heavy atom. The minimum Gasteiger partial charge on any atom is -0.477 e. The van der Waals surface area contributed by atoms with Crippen molar-refractivity contribution in [1.82, 2.24) is 5.48 Å². The second-order valence-electron chi connectivity index (χ2n) is 2.55. The maximum Gasteiger partial charge on any atom is 0.345 e. The van der Waals surface area contributed by atoms with E-state index >= 15 is 0 Å². The standard InChI is InChI=1S/C8H11NO3S/c1-5(9-12-2)6-3-4-7(13-6)8(10)11/h3-5,9H,1-2H3,(H,10,11). The van der Waals surface area contributed by atoms with Gasteiger partial charge < -0.3 is 9.94 Å². The number of hydrogen-bond acceptors (Lipinski definition) is 4. The Hall–Kier alpha value is -0.910. The Bertz CT molecular complexity index is 297. The van der Waals surface area contributed by atoms with Gasteiger partial charge in [-0.3, -0.25) is 0 Å². The summed E-state index contributed by atoms with van der Waals surface area (Å²) < 4.78 is 0. The van der Waals surface area contributed by atoms with Crippen molar-refractivity contribution < 1.29 is 14.7 Å². The van der Waals surface area contributed by atoms with Crippen LogP contribution in [-0.2, 0) is 4.84 Å². The SMILES string of the molecule is CONC(C)c1ccc(C(=O)O)s1. The van der Waals surface area contributed by atoms with Gasteiger partial charge in [0.25, 0.3) is 0 Å². The van der Waals surface area contributed by atoms with E-state index in [1.165, 1.54) is 18.4 Å². The number of carbonyl (C=O) groups is 1. The van der Waals surface area contributed by atoms with Gasteiger partial charge in [0.15, 0.2) is 0 Å². The topological polar surface area (TPSA) is 58.6 Å². The molecule has 13 heavy (non-hydrogen) atoms. The third-order valence-electron chi connectivity index (χ3n) is 1.56. The summed E-state index contributed by atoms with van der Waals surface area (Å²) in [4.78, 5) is 16.6. The number of hydrogen-bond donors (Lipinski definition) is 2. The summed E-state index contributed by atoms with van der Waals surface area (Å²) in [5, 5.41) is 8.67. The molecule has 0 spiro atoms. The molecule has 2 N–H and O–H groups in total. The lowest BCUT2D eigenvalue weighted by molar-refractivity contribution is 0.0668. The molecule has 0 bridgehead atoms. The molecule has 1 heterocycles. The second-order valence-corrected chi connectivity index (χ2v) is 3.67. The maximum atomic E-state index is 10.6. The molecule has 72 valence electrons. The molecule has 0 aliphatic carbocycles. The van der Waals surface area contributed by atoms with Gasteiger partial charge in [-0.2, -0.15) is 5.48 Å². The van der Waals surface area contributed by atoms with Gasteiger partial charge in [0.2, 0.25) is 0 Å². The van der Waals surface area contributed by atoms with E-state index in [4.69, 9.17) is 9.94 Å². The van der Waals surface area contributed by atoms with Crippen LogP contribution in [0.2, 0.25) is 0 Å². The average molecular weight is 201 g/mol. The van der Waals surface area contributed by atoms with Crippen LogP contribution >= 0.6 is 11.3 Å². The number of hydroxylamine groups is 1. The molecule has 0 saturated heterocycles. The lowest BCUT2D eigenvalue weighted by atomic mass is 10.3. The summed E-state index contributed by atoms with van der Waals surface area (Å²) >= 11 is 1.25. The Balaban J connectivity index is 2.73. The van der Waals surface area contributed by atoms with Gasteiger partial charge in [-0.15, -0.1) is 11.3 Å². The number of carboxylic acids is 1. The first-order valence-corrected chi connectivity index (χ1v) is 4.58. The molecule has 0 radical (unpaired) electrons. The van der Waals surface area contributed by atoms with E-state index in [2.05, 4.69) is 5.48 Å². The van der Waals surface area contributed by atoms with Crippen LogP contribution in [0.4, 0.5) is 0 Å². The number of rotatable bonds is 4. The lowest BCUT2D eigenvalue weighted by Crippen LogP contribution is -2.15. The minimum absolute atomic E-state index is 0.0168. The monoisotopic (exact) mass is 201 g/mol. The third kappa shape index (κ3) is 2.51. The van der Waals surface area contributed by atoms with Crippen molar-refractivity contribution in [3.8, 4) is 0 Å². The summed E-state index contributed by atoms with van der Waals surface area (Å²) in [6.45, 7) is 1.90. The van der Waals surface area contributed by atoms with E-state index in [0.29, 0.717) is 4.88 Å². The van der Waals surface area contributed by atoms with Crippen molar-refractivity contribution in [2.75, 3.05) is 7.11 Å². The van der Waals surface area contributed by atoms with Gasteiger partial charge in [-0.1, -0.05) is 0 Å². The van der Waals surface area contributed by atoms with Crippen molar-refractivity contribution in [1.29, 1.82) is 0 Å². The summed E-state index contributed by atoms with van der Waals surface area (Å²) in [5.41, 5.74) is 2.73. The van der Waals surface area contributed by atoms with E-state index < -0.39 is 5.97 Å². The molecule has 0 aliphatic rings. The van der Waals surface area contributed by atoms with Gasteiger partial charge in [0, 0.05) is 4.88 Å². The van der Waals surface area contributed by atoms with Gasteiger partial charge in [-0.05, 0) is 19.1 Å². The first kappa shape index (κ1) is 10.2. The summed E-state index contributed by atoms with van der Waals surface area (Å²) in [6.07, 6.45) is 0. The smallest absolute Gasteiger partial charge is 0.345 e. The fraction of sp³-hybridized carbons (Fsp3) is 0.375. The molecule has 5 heteroatoms. The zero-order valence-electron chi connectivity index (χ0n) is 7.40. The summed E-state index contributed by atoms with van der Waals surface area (Å²) in [6, 6.07) is 3.39. The third-order valence-corrected chi connectivity index (χ3v) is 2.81. The van der Waals surface area contributed by atoms with Crippen molar-refractivity contribution in [3.63, 3.8) is 0 Å². The van der Waals surface area contributed by atoms with E-state index in [9.17, 15) is 4.79 Å². The molecule has 0 saturated carbocycles. The number of carboxylic acid groups (broad SMARTS) is 1. The molecule has 0 amide bonds. The van der Waals surface area contributed by atoms with Gasteiger partial charge in [0.05, 0.1) is 13.2 Å². The highest BCUT2D eigenvalue weighted by atomic mass is 32.1. The molecule has 0 aliphatic heterocycles. The summed E-state index contributed by atoms with van der Waals surface area (Å²) in [7, 11) is 1.53. The van der Waals surface area contributed by atoms with Crippen LogP contribution in [0.25, 0.3) is 0 Å². The Kier molecular flexibility index (Phi) is 3.41. The molecule has 1 atom stereocenters. The normalized spacial score (nSPS) is 12.8. The second kappa shape index (κ2) is 4.36. The molecule has 0 aromatic carbocycles. The van der Waals surface area contributed by atoms with Crippen LogP contribution in [-0.4, -0.2) is 18.2 Å². The van der Waals surface area contributed by atoms with Gasteiger partial charge >= 0.3 is 5.97 Å². The zero-order chi connectivity index (χ0) is 9.84. The first-order chi connectivity index (χ1) is 6.15. The number of thiophene rings is 1. The van der Waals surface area contributed by atoms with Crippen LogP contribution in [0.1, 0.15) is 27.5 Å². The fourth-order valence-electron chi connectivity index (χ4n) is 0.935. The maximum absolute atomic E-state index is 10.6. The highest BCUT2D eigenvalue weighted by molar-refractivity contribution is 7.14. The predicted molar refractivity (Wildman–Crippen MR) is 49.8 cm³/mol. The van der Waals surface area contributed by atoms with Crippen LogP contribution in [0.15, 0.2) is 12.1 Å². The molecule has 1 aromatic heterocycles. The van der Waals surface area contributed by atoms with Crippen molar-refractivity contribution in [3.05, 3.63) is 21.9 Å². The van der Waals surface area contributed by atoms with Crippen molar-refractivity contribution in [2.45, 2.75) is 13.0 Å². The van der Waals surface area contributed by atoms with Gasteiger partial charge in [-0.25, -0.2) is 4.79 Å². The summed E-state index contributed by atoms with van der Waals surface area (Å²) in [5.74, 6) is -0.888. The molecule has 1 unspecified atom stereocenters. The molecular weight excluding hydrogens is 190 g/mol. The van der Waals surface area contributed by atoms with Crippen LogP contribution in [0, 0.1) is 0 Å². The highest BCUT2D eigenvalue weighted by Crippen LogP contribution is 2.22. The Morgan fingerprint density at radius 3 is 2.85 bits per heavy atom. The van der Waals surface area contributed by atoms with E-state index in [1.54, 1.807) is 12.1 Å². The molecule has 1 rings (SSSR count). The number of nitrogens with one attached hydrogen (secondary N) is 1. The van der Waals surface area contributed by atoms with E-state index in [0.717, 1.165) is 4.88 Å². The lowest BCUT2D eigenvalue weighted by Gasteiger charge is -2.08. The van der Waals surface area contributed by atoms with E-state index in [-0.39, 0.29) is 6.04 Å². The minimum atomic E-state index is -0.888. The average Bonchev–Trinajstić information content (AvgIpc) is 2.52. The van der Waals surface area contributed by atoms with Crippen molar-refractivity contribution in [2.24, 2.45) is 0 Å². The van der Waals surface area contributed by atoms with E-state index in [1.807, 2.05) is 6.92 Å². The predicted octanol–water partition coefficient (Wildman–Crippen LogP) is 1.66. The Morgan fingerprint density at radius 1 is 1.69 bits per heavy atom. The van der Waals surface area contributed by atoms with Crippen molar-refractivity contribution >= 4 is 17.3 Å². The molecule has 4 nitrogen and oxygen atoms in total. The number of aromatic carboxylic acids is 1. The van der Waals surface area contributed by atoms with Crippen LogP contribution in [0.5, 0.6) is 0 Å². The highest BCUT2D eigenvalue weighted by Gasteiger charge is 2.11.